The predicted molar refractivity (Wildman–Crippen MR) is 137 cm³/mol. The summed E-state index contributed by atoms with van der Waals surface area (Å²) in [5.41, 5.74) is 1.76. The quantitative estimate of drug-likeness (QED) is 0.426. The van der Waals surface area contributed by atoms with Crippen molar-refractivity contribution in [2.24, 2.45) is 0 Å². The third-order valence-electron chi connectivity index (χ3n) is 6.49. The molecule has 36 heavy (non-hydrogen) atoms. The van der Waals surface area contributed by atoms with Crippen LogP contribution in [0.15, 0.2) is 87.5 Å². The minimum atomic E-state index is -4.02. The molecule has 9 heteroatoms. The number of hydrogen-bond donors (Lipinski definition) is 1. The van der Waals surface area contributed by atoms with Crippen molar-refractivity contribution in [1.82, 2.24) is 9.62 Å². The molecule has 0 aromatic heterocycles. The molecular weight excluding hydrogens is 499 g/mol. The van der Waals surface area contributed by atoms with E-state index >= 15 is 0 Å². The molecule has 1 saturated heterocycles. The lowest BCUT2D eigenvalue weighted by Gasteiger charge is -2.32. The summed E-state index contributed by atoms with van der Waals surface area (Å²) in [5.74, 6) is -0.682. The number of nitrogens with zero attached hydrogens (tertiary/aromatic N) is 1. The van der Waals surface area contributed by atoms with E-state index in [9.17, 15) is 21.2 Å². The second-order valence-corrected chi connectivity index (χ2v) is 13.1. The fourth-order valence-corrected chi connectivity index (χ4v) is 7.53. The zero-order valence-electron chi connectivity index (χ0n) is 20.4. The SMILES string of the molecule is CC(C)c1ccc(S(=O)(=O)c2ccc(F)cc2)cc1S(=O)(=O)NC1CCN(Cc2ccccc2)CC1. The van der Waals surface area contributed by atoms with E-state index in [0.717, 1.165) is 31.8 Å². The number of rotatable bonds is 8. The first-order chi connectivity index (χ1) is 17.1. The van der Waals surface area contributed by atoms with Crippen LogP contribution in [0.25, 0.3) is 0 Å². The van der Waals surface area contributed by atoms with E-state index in [1.165, 1.54) is 29.8 Å². The smallest absolute Gasteiger partial charge is 0.241 e. The van der Waals surface area contributed by atoms with E-state index in [1.54, 1.807) is 6.07 Å². The van der Waals surface area contributed by atoms with Gasteiger partial charge in [0.2, 0.25) is 19.9 Å². The molecular formula is C27H31FN2O4S2. The first-order valence-corrected chi connectivity index (χ1v) is 15.0. The number of nitrogens with one attached hydrogen (secondary N) is 1. The molecule has 4 rings (SSSR count). The number of likely N-dealkylation sites (tertiary alicyclic amines) is 1. The molecule has 0 amide bonds. The fraction of sp³-hybridized carbons (Fsp3) is 0.333. The largest absolute Gasteiger partial charge is 0.299 e. The average Bonchev–Trinajstić information content (AvgIpc) is 2.85. The van der Waals surface area contributed by atoms with Gasteiger partial charge in [0.25, 0.3) is 0 Å². The molecule has 3 aromatic rings. The summed E-state index contributed by atoms with van der Waals surface area (Å²) in [7, 11) is -7.99. The Balaban J connectivity index is 1.54. The molecule has 192 valence electrons. The molecule has 1 fully saturated rings. The van der Waals surface area contributed by atoms with Crippen LogP contribution in [-0.2, 0) is 26.4 Å². The Morgan fingerprint density at radius 3 is 2.11 bits per heavy atom. The zero-order valence-corrected chi connectivity index (χ0v) is 22.0. The standard InChI is InChI=1S/C27H31FN2O4S2/c1-20(2)26-13-12-25(35(31,32)24-10-8-22(28)9-11-24)18-27(26)36(33,34)29-23-14-16-30(17-15-23)19-21-6-4-3-5-7-21/h3-13,18,20,23,29H,14-17,19H2,1-2H3. The van der Waals surface area contributed by atoms with Crippen LogP contribution < -0.4 is 4.72 Å². The van der Waals surface area contributed by atoms with Gasteiger partial charge in [0.15, 0.2) is 0 Å². The van der Waals surface area contributed by atoms with Crippen LogP contribution in [0.4, 0.5) is 4.39 Å². The van der Waals surface area contributed by atoms with Crippen LogP contribution >= 0.6 is 0 Å². The summed E-state index contributed by atoms with van der Waals surface area (Å²) >= 11 is 0. The van der Waals surface area contributed by atoms with Crippen molar-refractivity contribution in [2.75, 3.05) is 13.1 Å². The number of sulfonamides is 1. The van der Waals surface area contributed by atoms with Crippen LogP contribution in [-0.4, -0.2) is 40.9 Å². The molecule has 0 spiro atoms. The van der Waals surface area contributed by atoms with Gasteiger partial charge in [-0.25, -0.2) is 25.9 Å². The highest BCUT2D eigenvalue weighted by molar-refractivity contribution is 7.91. The number of benzene rings is 3. The summed E-state index contributed by atoms with van der Waals surface area (Å²) in [4.78, 5) is 2.03. The summed E-state index contributed by atoms with van der Waals surface area (Å²) in [6, 6.07) is 18.6. The first kappa shape index (κ1) is 26.5. The highest BCUT2D eigenvalue weighted by atomic mass is 32.2. The summed E-state index contributed by atoms with van der Waals surface area (Å²) in [6.45, 7) is 6.08. The Kier molecular flexibility index (Phi) is 7.94. The second kappa shape index (κ2) is 10.8. The van der Waals surface area contributed by atoms with Crippen molar-refractivity contribution in [3.05, 3.63) is 89.7 Å². The van der Waals surface area contributed by atoms with Gasteiger partial charge in [-0.3, -0.25) is 4.90 Å². The van der Waals surface area contributed by atoms with Gasteiger partial charge in [-0.1, -0.05) is 50.2 Å². The molecule has 1 aliphatic heterocycles. The van der Waals surface area contributed by atoms with Crippen LogP contribution in [0.1, 0.15) is 43.7 Å². The van der Waals surface area contributed by atoms with Gasteiger partial charge in [0.05, 0.1) is 14.7 Å². The monoisotopic (exact) mass is 530 g/mol. The van der Waals surface area contributed by atoms with Crippen molar-refractivity contribution < 1.29 is 21.2 Å². The lowest BCUT2D eigenvalue weighted by molar-refractivity contribution is 0.200. The summed E-state index contributed by atoms with van der Waals surface area (Å²) in [6.07, 6.45) is 1.33. The van der Waals surface area contributed by atoms with E-state index in [1.807, 2.05) is 32.0 Å². The molecule has 0 atom stereocenters. The van der Waals surface area contributed by atoms with Gasteiger partial charge in [0, 0.05) is 25.7 Å². The normalized spacial score (nSPS) is 15.9. The Hall–Kier alpha value is -2.59. The summed E-state index contributed by atoms with van der Waals surface area (Å²) < 4.78 is 69.4. The fourth-order valence-electron chi connectivity index (χ4n) is 4.47. The van der Waals surface area contributed by atoms with Gasteiger partial charge < -0.3 is 0 Å². The maximum Gasteiger partial charge on any atom is 0.241 e. The molecule has 0 unspecified atom stereocenters. The van der Waals surface area contributed by atoms with E-state index in [-0.39, 0.29) is 26.6 Å². The molecule has 0 aliphatic carbocycles. The average molecular weight is 531 g/mol. The zero-order chi connectivity index (χ0) is 25.9. The maximum atomic E-state index is 13.5. The number of sulfone groups is 1. The highest BCUT2D eigenvalue weighted by Crippen LogP contribution is 2.30. The van der Waals surface area contributed by atoms with Crippen LogP contribution in [0.5, 0.6) is 0 Å². The Morgan fingerprint density at radius 1 is 0.889 bits per heavy atom. The number of hydrogen-bond acceptors (Lipinski definition) is 5. The van der Waals surface area contributed by atoms with Crippen molar-refractivity contribution in [3.8, 4) is 0 Å². The highest BCUT2D eigenvalue weighted by Gasteiger charge is 2.29. The first-order valence-electron chi connectivity index (χ1n) is 12.0. The van der Waals surface area contributed by atoms with Crippen molar-refractivity contribution >= 4 is 19.9 Å². The Morgan fingerprint density at radius 2 is 1.50 bits per heavy atom. The lowest BCUT2D eigenvalue weighted by Crippen LogP contribution is -2.44. The Bertz CT molecular complexity index is 1400. The minimum absolute atomic E-state index is 0.0348. The van der Waals surface area contributed by atoms with Crippen LogP contribution in [0.2, 0.25) is 0 Å². The number of piperidine rings is 1. The minimum Gasteiger partial charge on any atom is -0.299 e. The predicted octanol–water partition coefficient (Wildman–Crippen LogP) is 4.72. The molecule has 1 aliphatic rings. The van der Waals surface area contributed by atoms with E-state index in [4.69, 9.17) is 0 Å². The third-order valence-corrected chi connectivity index (χ3v) is 9.83. The van der Waals surface area contributed by atoms with Crippen molar-refractivity contribution in [3.63, 3.8) is 0 Å². The van der Waals surface area contributed by atoms with Gasteiger partial charge in [-0.05, 0) is 66.3 Å². The third kappa shape index (κ3) is 6.03. The van der Waals surface area contributed by atoms with Gasteiger partial charge in [-0.2, -0.15) is 0 Å². The Labute approximate surface area is 213 Å². The number of halogens is 1. The van der Waals surface area contributed by atoms with E-state index < -0.39 is 25.7 Å². The van der Waals surface area contributed by atoms with Gasteiger partial charge in [0.1, 0.15) is 5.82 Å². The van der Waals surface area contributed by atoms with E-state index in [2.05, 4.69) is 21.8 Å². The molecule has 1 N–H and O–H groups in total. The molecule has 0 bridgehead atoms. The van der Waals surface area contributed by atoms with Crippen LogP contribution in [0.3, 0.4) is 0 Å². The van der Waals surface area contributed by atoms with Gasteiger partial charge in [-0.15, -0.1) is 0 Å². The molecule has 0 saturated carbocycles. The molecule has 1 heterocycles. The van der Waals surface area contributed by atoms with Crippen molar-refractivity contribution in [2.45, 2.75) is 59.9 Å². The molecule has 6 nitrogen and oxygen atoms in total. The summed E-state index contributed by atoms with van der Waals surface area (Å²) in [5, 5.41) is 0. The maximum absolute atomic E-state index is 13.5. The second-order valence-electron chi connectivity index (χ2n) is 9.47. The van der Waals surface area contributed by atoms with Gasteiger partial charge >= 0.3 is 0 Å². The molecule has 3 aromatic carbocycles. The van der Waals surface area contributed by atoms with Crippen molar-refractivity contribution in [1.29, 1.82) is 0 Å². The van der Waals surface area contributed by atoms with E-state index in [0.29, 0.717) is 18.4 Å². The topological polar surface area (TPSA) is 83.5 Å². The molecule has 0 radical (unpaired) electrons. The van der Waals surface area contributed by atoms with Crippen LogP contribution in [0, 0.1) is 5.82 Å². The lowest BCUT2D eigenvalue weighted by atomic mass is 10.0.